The lowest BCUT2D eigenvalue weighted by Crippen LogP contribution is -2.36. The lowest BCUT2D eigenvalue weighted by atomic mass is 10.1. The number of fused-ring (bicyclic) bond motifs is 2. The smallest absolute Gasteiger partial charge is 0.330 e. The van der Waals surface area contributed by atoms with Crippen LogP contribution in [0.25, 0.3) is 21.7 Å². The predicted octanol–water partition coefficient (Wildman–Crippen LogP) is 4.08. The molecule has 4 rings (SSSR count). The molecule has 0 aliphatic carbocycles. The van der Waals surface area contributed by atoms with Crippen LogP contribution in [-0.4, -0.2) is 33.5 Å². The van der Waals surface area contributed by atoms with Crippen LogP contribution in [0.5, 0.6) is 0 Å². The van der Waals surface area contributed by atoms with Gasteiger partial charge in [0.1, 0.15) is 0 Å². The molecule has 3 aromatic carbocycles. The van der Waals surface area contributed by atoms with E-state index in [-0.39, 0.29) is 21.8 Å². The molecule has 0 spiro atoms. The van der Waals surface area contributed by atoms with Gasteiger partial charge in [-0.3, -0.25) is 18.9 Å². The lowest BCUT2D eigenvalue weighted by molar-refractivity contribution is -0.140. The van der Waals surface area contributed by atoms with Crippen molar-refractivity contribution >= 4 is 55.0 Å². The quantitative estimate of drug-likeness (QED) is 0.398. The fraction of sp³-hybridized carbons (Fsp3) is 0.125. The maximum absolute atomic E-state index is 13.5. The van der Waals surface area contributed by atoms with E-state index < -0.39 is 21.2 Å². The molecule has 0 bridgehead atoms. The van der Waals surface area contributed by atoms with Crippen molar-refractivity contribution in [2.75, 3.05) is 18.5 Å². The highest BCUT2D eigenvalue weighted by molar-refractivity contribution is 7.93. The Labute approximate surface area is 195 Å². The molecule has 168 valence electrons. The van der Waals surface area contributed by atoms with Crippen LogP contribution >= 0.6 is 11.6 Å². The highest BCUT2D eigenvalue weighted by Gasteiger charge is 2.39. The maximum atomic E-state index is 13.5. The number of pyridine rings is 1. The number of methoxy groups -OCH3 is 1. The largest absolute Gasteiger partial charge is 0.468 e. The van der Waals surface area contributed by atoms with Crippen LogP contribution in [0.3, 0.4) is 0 Å². The van der Waals surface area contributed by atoms with Crippen LogP contribution in [0.1, 0.15) is 10.8 Å². The summed E-state index contributed by atoms with van der Waals surface area (Å²) in [4.78, 5) is 30.2. The van der Waals surface area contributed by atoms with Gasteiger partial charge in [0.05, 0.1) is 23.3 Å². The molecule has 0 saturated carbocycles. The minimum atomic E-state index is -4.24. The number of benzene rings is 2. The summed E-state index contributed by atoms with van der Waals surface area (Å²) in [5.74, 6) is -0.959. The number of carbonyl (C=O) groups is 1. The fourth-order valence-corrected chi connectivity index (χ4v) is 5.36. The molecular formula is C24H19ClN2O5S. The second kappa shape index (κ2) is 8.80. The number of rotatable bonds is 5. The number of halogens is 1. The van der Waals surface area contributed by atoms with E-state index in [4.69, 9.17) is 16.3 Å². The molecule has 1 unspecified atom stereocenters. The SMILES string of the molecule is COC(=O)C(c1ccc2ccc3ncc(Cl)cc3c(=O)c2c1)S(=O)(=O)N(C)c1ccccc1. The van der Waals surface area contributed by atoms with Gasteiger partial charge in [-0.15, -0.1) is 0 Å². The molecule has 4 aromatic rings. The predicted molar refractivity (Wildman–Crippen MR) is 129 cm³/mol. The van der Waals surface area contributed by atoms with Crippen molar-refractivity contribution in [3.63, 3.8) is 0 Å². The summed E-state index contributed by atoms with van der Waals surface area (Å²) in [5, 5.41) is -0.286. The number of sulfonamides is 1. The highest BCUT2D eigenvalue weighted by atomic mass is 35.5. The summed E-state index contributed by atoms with van der Waals surface area (Å²) in [7, 11) is -1.76. The first-order valence-electron chi connectivity index (χ1n) is 9.87. The lowest BCUT2D eigenvalue weighted by Gasteiger charge is -2.25. The normalized spacial score (nSPS) is 12.5. The Morgan fingerprint density at radius 3 is 2.42 bits per heavy atom. The van der Waals surface area contributed by atoms with Gasteiger partial charge in [-0.2, -0.15) is 0 Å². The van der Waals surface area contributed by atoms with Gasteiger partial charge in [0.15, 0.2) is 5.43 Å². The molecule has 0 aliphatic rings. The fourth-order valence-electron chi connectivity index (χ4n) is 3.64. The van der Waals surface area contributed by atoms with Gasteiger partial charge in [0.25, 0.3) is 10.0 Å². The van der Waals surface area contributed by atoms with Gasteiger partial charge >= 0.3 is 5.97 Å². The Morgan fingerprint density at radius 1 is 1.03 bits per heavy atom. The second-order valence-corrected chi connectivity index (χ2v) is 9.83. The summed E-state index contributed by atoms with van der Waals surface area (Å²) >= 11 is 6.03. The van der Waals surface area contributed by atoms with Gasteiger partial charge in [0, 0.05) is 24.0 Å². The molecule has 0 saturated heterocycles. The maximum Gasteiger partial charge on any atom is 0.330 e. The number of para-hydroxylation sites is 1. The Morgan fingerprint density at radius 2 is 1.73 bits per heavy atom. The monoisotopic (exact) mass is 482 g/mol. The van der Waals surface area contributed by atoms with E-state index in [0.29, 0.717) is 21.6 Å². The number of esters is 1. The molecular weight excluding hydrogens is 464 g/mol. The minimum absolute atomic E-state index is 0.114. The van der Waals surface area contributed by atoms with Crippen LogP contribution in [0.4, 0.5) is 5.69 Å². The number of aromatic nitrogens is 1. The molecule has 0 fully saturated rings. The van der Waals surface area contributed by atoms with Gasteiger partial charge in [0.2, 0.25) is 5.25 Å². The van der Waals surface area contributed by atoms with E-state index in [2.05, 4.69) is 4.98 Å². The zero-order chi connectivity index (χ0) is 23.8. The van der Waals surface area contributed by atoms with E-state index in [0.717, 1.165) is 11.4 Å². The standard InChI is InChI=1S/C24H19ClN2O5S/c1-27(18-6-4-3-5-7-18)33(30,31)23(24(29)32-2)16-9-8-15-10-11-21-20(13-17(25)14-26-21)22(28)19(15)12-16/h3-14,23H,1-2H3. The number of carbonyl (C=O) groups excluding carboxylic acids is 1. The zero-order valence-electron chi connectivity index (χ0n) is 17.7. The van der Waals surface area contributed by atoms with Crippen molar-refractivity contribution in [1.29, 1.82) is 0 Å². The summed E-state index contributed by atoms with van der Waals surface area (Å²) in [6.45, 7) is 0. The third-order valence-corrected chi connectivity index (χ3v) is 7.63. The van der Waals surface area contributed by atoms with Crippen molar-refractivity contribution in [2.24, 2.45) is 0 Å². The van der Waals surface area contributed by atoms with E-state index in [1.807, 2.05) is 0 Å². The molecule has 1 atom stereocenters. The summed E-state index contributed by atoms with van der Waals surface area (Å²) in [6, 6.07) is 17.8. The van der Waals surface area contributed by atoms with Gasteiger partial charge in [-0.25, -0.2) is 8.42 Å². The summed E-state index contributed by atoms with van der Waals surface area (Å²) < 4.78 is 32.8. The van der Waals surface area contributed by atoms with Crippen LogP contribution in [0, 0.1) is 0 Å². The van der Waals surface area contributed by atoms with E-state index >= 15 is 0 Å². The number of hydrogen-bond acceptors (Lipinski definition) is 6. The zero-order valence-corrected chi connectivity index (χ0v) is 19.3. The Balaban J connectivity index is 1.95. The van der Waals surface area contributed by atoms with Crippen LogP contribution in [0.2, 0.25) is 5.02 Å². The first kappa shape index (κ1) is 22.7. The average Bonchev–Trinajstić information content (AvgIpc) is 2.95. The third kappa shape index (κ3) is 4.15. The van der Waals surface area contributed by atoms with E-state index in [1.54, 1.807) is 48.5 Å². The summed E-state index contributed by atoms with van der Waals surface area (Å²) in [5.41, 5.74) is 0.570. The number of ether oxygens (including phenoxy) is 1. The van der Waals surface area contributed by atoms with Crippen LogP contribution in [0.15, 0.2) is 77.7 Å². The topological polar surface area (TPSA) is 93.6 Å². The van der Waals surface area contributed by atoms with Crippen molar-refractivity contribution < 1.29 is 17.9 Å². The number of nitrogens with zero attached hydrogens (tertiary/aromatic N) is 2. The molecule has 1 aromatic heterocycles. The van der Waals surface area contributed by atoms with Gasteiger partial charge in [-0.05, 0) is 41.3 Å². The van der Waals surface area contributed by atoms with Gasteiger partial charge in [-0.1, -0.05) is 48.0 Å². The molecule has 0 radical (unpaired) electrons. The van der Waals surface area contributed by atoms with E-state index in [9.17, 15) is 18.0 Å². The Hall–Kier alpha value is -3.49. The molecule has 9 heteroatoms. The Kier molecular flexibility index (Phi) is 6.05. The average molecular weight is 483 g/mol. The van der Waals surface area contributed by atoms with Gasteiger partial charge < -0.3 is 4.74 Å². The third-order valence-electron chi connectivity index (χ3n) is 5.39. The molecule has 1 heterocycles. The van der Waals surface area contributed by atoms with Crippen LogP contribution < -0.4 is 9.73 Å². The van der Waals surface area contributed by atoms with Crippen molar-refractivity contribution in [2.45, 2.75) is 5.25 Å². The number of anilines is 1. The minimum Gasteiger partial charge on any atom is -0.468 e. The summed E-state index contributed by atoms with van der Waals surface area (Å²) in [6.07, 6.45) is 1.44. The molecule has 0 amide bonds. The molecule has 7 nitrogen and oxygen atoms in total. The van der Waals surface area contributed by atoms with E-state index in [1.165, 1.54) is 31.4 Å². The molecule has 0 N–H and O–H groups in total. The van der Waals surface area contributed by atoms with Crippen LogP contribution in [-0.2, 0) is 19.6 Å². The molecule has 33 heavy (non-hydrogen) atoms. The van der Waals surface area contributed by atoms with Crippen molar-refractivity contribution in [3.05, 3.63) is 93.7 Å². The molecule has 0 aliphatic heterocycles. The highest BCUT2D eigenvalue weighted by Crippen LogP contribution is 2.31. The Bertz CT molecular complexity index is 1540. The second-order valence-electron chi connectivity index (χ2n) is 7.35. The van der Waals surface area contributed by atoms with Crippen molar-refractivity contribution in [1.82, 2.24) is 4.98 Å². The first-order valence-corrected chi connectivity index (χ1v) is 11.7. The first-order chi connectivity index (χ1) is 15.7. The number of hydrogen-bond donors (Lipinski definition) is 0. The van der Waals surface area contributed by atoms with Crippen molar-refractivity contribution in [3.8, 4) is 0 Å².